The van der Waals surface area contributed by atoms with Crippen molar-refractivity contribution in [3.63, 3.8) is 0 Å². The second kappa shape index (κ2) is 6.99. The van der Waals surface area contributed by atoms with Gasteiger partial charge in [-0.15, -0.1) is 0 Å². The molecular weight excluding hydrogens is 274 g/mol. The van der Waals surface area contributed by atoms with E-state index in [0.29, 0.717) is 18.4 Å². The Morgan fingerprint density at radius 3 is 2.82 bits per heavy atom. The molecule has 3 aliphatic carbocycles. The Hall–Kier alpha value is -1.77. The molecule has 1 fully saturated rings. The van der Waals surface area contributed by atoms with Crippen LogP contribution in [0, 0.1) is 5.92 Å². The van der Waals surface area contributed by atoms with Crippen LogP contribution in [0.4, 0.5) is 0 Å². The van der Waals surface area contributed by atoms with Gasteiger partial charge in [0.2, 0.25) is 5.91 Å². The van der Waals surface area contributed by atoms with Crippen LogP contribution in [0.2, 0.25) is 0 Å². The second-order valence-electron chi connectivity index (χ2n) is 6.30. The van der Waals surface area contributed by atoms with Crippen molar-refractivity contribution in [2.75, 3.05) is 6.54 Å². The number of rotatable bonds is 6. The van der Waals surface area contributed by atoms with E-state index in [4.69, 9.17) is 4.74 Å². The molecule has 0 heterocycles. The summed E-state index contributed by atoms with van der Waals surface area (Å²) in [5, 5.41) is 0. The SMILES string of the molecule is CCN(C(=O)CC1C=CC=C(OC2C=CC=CC2)C1)C1CC1. The first kappa shape index (κ1) is 15.1. The lowest BCUT2D eigenvalue weighted by Crippen LogP contribution is -2.34. The van der Waals surface area contributed by atoms with Crippen LogP contribution in [-0.2, 0) is 9.53 Å². The molecule has 0 bridgehead atoms. The van der Waals surface area contributed by atoms with Gasteiger partial charge in [0.15, 0.2) is 0 Å². The maximum atomic E-state index is 12.4. The summed E-state index contributed by atoms with van der Waals surface area (Å²) in [5.41, 5.74) is 0. The topological polar surface area (TPSA) is 29.5 Å². The molecular formula is C19H25NO2. The quantitative estimate of drug-likeness (QED) is 0.747. The van der Waals surface area contributed by atoms with E-state index in [9.17, 15) is 4.79 Å². The summed E-state index contributed by atoms with van der Waals surface area (Å²) in [6, 6.07) is 0.510. The van der Waals surface area contributed by atoms with E-state index >= 15 is 0 Å². The average molecular weight is 299 g/mol. The van der Waals surface area contributed by atoms with Gasteiger partial charge in [-0.1, -0.05) is 30.4 Å². The number of carbonyl (C=O) groups is 1. The van der Waals surface area contributed by atoms with Crippen LogP contribution >= 0.6 is 0 Å². The molecule has 2 atom stereocenters. The van der Waals surface area contributed by atoms with Crippen LogP contribution in [0.3, 0.4) is 0 Å². The van der Waals surface area contributed by atoms with E-state index in [0.717, 1.165) is 25.1 Å². The van der Waals surface area contributed by atoms with Crippen molar-refractivity contribution in [2.24, 2.45) is 5.92 Å². The highest BCUT2D eigenvalue weighted by Crippen LogP contribution is 2.30. The van der Waals surface area contributed by atoms with Crippen molar-refractivity contribution in [3.05, 3.63) is 48.3 Å². The van der Waals surface area contributed by atoms with Gasteiger partial charge in [-0.05, 0) is 37.8 Å². The zero-order valence-corrected chi connectivity index (χ0v) is 13.3. The van der Waals surface area contributed by atoms with Crippen LogP contribution in [-0.4, -0.2) is 29.5 Å². The molecule has 1 saturated carbocycles. The molecule has 2 unspecified atom stereocenters. The number of ether oxygens (including phenoxy) is 1. The Morgan fingerprint density at radius 2 is 2.14 bits per heavy atom. The minimum Gasteiger partial charge on any atom is -0.490 e. The molecule has 0 aliphatic heterocycles. The Kier molecular flexibility index (Phi) is 4.81. The molecule has 3 heteroatoms. The highest BCUT2D eigenvalue weighted by atomic mass is 16.5. The number of hydrogen-bond acceptors (Lipinski definition) is 2. The molecule has 0 radical (unpaired) electrons. The van der Waals surface area contributed by atoms with Crippen molar-refractivity contribution < 1.29 is 9.53 Å². The van der Waals surface area contributed by atoms with Crippen LogP contribution in [0.1, 0.15) is 39.0 Å². The third-order valence-corrected chi connectivity index (χ3v) is 4.46. The van der Waals surface area contributed by atoms with Gasteiger partial charge < -0.3 is 9.64 Å². The predicted octanol–water partition coefficient (Wildman–Crippen LogP) is 3.75. The summed E-state index contributed by atoms with van der Waals surface area (Å²) in [5.74, 6) is 1.56. The first-order valence-electron chi connectivity index (χ1n) is 8.43. The van der Waals surface area contributed by atoms with Gasteiger partial charge in [-0.3, -0.25) is 4.79 Å². The maximum absolute atomic E-state index is 12.4. The third kappa shape index (κ3) is 3.90. The Bertz CT molecular complexity index is 526. The molecule has 0 N–H and O–H groups in total. The van der Waals surface area contributed by atoms with E-state index in [1.165, 1.54) is 12.8 Å². The van der Waals surface area contributed by atoms with Gasteiger partial charge in [-0.25, -0.2) is 0 Å². The van der Waals surface area contributed by atoms with Crippen LogP contribution in [0.5, 0.6) is 0 Å². The number of amides is 1. The Balaban J connectivity index is 1.50. The lowest BCUT2D eigenvalue weighted by molar-refractivity contribution is -0.132. The average Bonchev–Trinajstić information content (AvgIpc) is 3.34. The van der Waals surface area contributed by atoms with Crippen LogP contribution < -0.4 is 0 Å². The van der Waals surface area contributed by atoms with E-state index in [-0.39, 0.29) is 12.0 Å². The summed E-state index contributed by atoms with van der Waals surface area (Å²) in [6.07, 6.45) is 19.3. The normalized spacial score (nSPS) is 26.7. The lowest BCUT2D eigenvalue weighted by Gasteiger charge is -2.25. The maximum Gasteiger partial charge on any atom is 0.223 e. The molecule has 22 heavy (non-hydrogen) atoms. The van der Waals surface area contributed by atoms with Crippen molar-refractivity contribution in [2.45, 2.75) is 51.2 Å². The molecule has 0 aromatic heterocycles. The number of allylic oxidation sites excluding steroid dienone is 6. The molecule has 118 valence electrons. The largest absolute Gasteiger partial charge is 0.490 e. The molecule has 0 saturated heterocycles. The van der Waals surface area contributed by atoms with Crippen LogP contribution in [0.25, 0.3) is 0 Å². The van der Waals surface area contributed by atoms with Gasteiger partial charge in [0.1, 0.15) is 6.10 Å². The Labute approximate surface area is 133 Å². The zero-order chi connectivity index (χ0) is 15.4. The lowest BCUT2D eigenvalue weighted by atomic mass is 9.95. The summed E-state index contributed by atoms with van der Waals surface area (Å²) >= 11 is 0. The van der Waals surface area contributed by atoms with Gasteiger partial charge in [0.05, 0.1) is 5.76 Å². The number of hydrogen-bond donors (Lipinski definition) is 0. The number of nitrogens with zero attached hydrogens (tertiary/aromatic N) is 1. The summed E-state index contributed by atoms with van der Waals surface area (Å²) in [7, 11) is 0. The summed E-state index contributed by atoms with van der Waals surface area (Å²) < 4.78 is 6.04. The van der Waals surface area contributed by atoms with Crippen molar-refractivity contribution in [1.82, 2.24) is 4.90 Å². The van der Waals surface area contributed by atoms with Crippen molar-refractivity contribution >= 4 is 5.91 Å². The molecule has 3 rings (SSSR count). The number of carbonyl (C=O) groups excluding carboxylic acids is 1. The van der Waals surface area contributed by atoms with E-state index in [2.05, 4.69) is 25.2 Å². The van der Waals surface area contributed by atoms with E-state index < -0.39 is 0 Å². The van der Waals surface area contributed by atoms with Gasteiger partial charge >= 0.3 is 0 Å². The highest BCUT2D eigenvalue weighted by molar-refractivity contribution is 5.77. The third-order valence-electron chi connectivity index (χ3n) is 4.46. The molecule has 3 nitrogen and oxygen atoms in total. The molecule has 0 aromatic carbocycles. The highest BCUT2D eigenvalue weighted by Gasteiger charge is 2.32. The molecule has 3 aliphatic rings. The van der Waals surface area contributed by atoms with E-state index in [1.807, 2.05) is 29.2 Å². The minimum absolute atomic E-state index is 0.137. The fourth-order valence-corrected chi connectivity index (χ4v) is 3.15. The van der Waals surface area contributed by atoms with Crippen LogP contribution in [0.15, 0.2) is 48.3 Å². The first-order chi connectivity index (χ1) is 10.8. The zero-order valence-electron chi connectivity index (χ0n) is 13.3. The fraction of sp³-hybridized carbons (Fsp3) is 0.526. The molecule has 0 aromatic rings. The van der Waals surface area contributed by atoms with E-state index in [1.54, 1.807) is 0 Å². The molecule has 1 amide bonds. The Morgan fingerprint density at radius 1 is 1.27 bits per heavy atom. The predicted molar refractivity (Wildman–Crippen MR) is 88.1 cm³/mol. The summed E-state index contributed by atoms with van der Waals surface area (Å²) in [6.45, 7) is 2.91. The minimum atomic E-state index is 0.137. The first-order valence-corrected chi connectivity index (χ1v) is 8.43. The monoisotopic (exact) mass is 299 g/mol. The van der Waals surface area contributed by atoms with Crippen molar-refractivity contribution in [1.29, 1.82) is 0 Å². The standard InChI is InChI=1S/C19H25NO2/c1-2-20(16-11-12-16)19(21)14-15-7-6-10-18(13-15)22-17-8-4-3-5-9-17/h3-8,10,15-17H,2,9,11-14H2,1H3. The van der Waals surface area contributed by atoms with Gasteiger partial charge in [-0.2, -0.15) is 0 Å². The van der Waals surface area contributed by atoms with Gasteiger partial charge in [0.25, 0.3) is 0 Å². The second-order valence-corrected chi connectivity index (χ2v) is 6.30. The smallest absolute Gasteiger partial charge is 0.223 e. The summed E-state index contributed by atoms with van der Waals surface area (Å²) in [4.78, 5) is 14.5. The van der Waals surface area contributed by atoms with Crippen molar-refractivity contribution in [3.8, 4) is 0 Å². The molecule has 0 spiro atoms. The van der Waals surface area contributed by atoms with Gasteiger partial charge in [0, 0.05) is 31.8 Å². The fourth-order valence-electron chi connectivity index (χ4n) is 3.15.